The Morgan fingerprint density at radius 2 is 2.11 bits per heavy atom. The quantitative estimate of drug-likeness (QED) is 0.907. The molecule has 1 fully saturated rings. The lowest BCUT2D eigenvalue weighted by Gasteiger charge is -2.37. The van der Waals surface area contributed by atoms with Gasteiger partial charge in [-0.3, -0.25) is 0 Å². The summed E-state index contributed by atoms with van der Waals surface area (Å²) in [5.74, 6) is -0.814. The minimum atomic E-state index is -3.92. The van der Waals surface area contributed by atoms with E-state index in [0.717, 1.165) is 6.07 Å². The molecule has 1 aromatic carbocycles. The van der Waals surface area contributed by atoms with Gasteiger partial charge in [0, 0.05) is 25.2 Å². The highest BCUT2D eigenvalue weighted by molar-refractivity contribution is 7.89. The molecule has 19 heavy (non-hydrogen) atoms. The van der Waals surface area contributed by atoms with E-state index in [1.807, 2.05) is 6.92 Å². The highest BCUT2D eigenvalue weighted by atomic mass is 35.5. The third-order valence-electron chi connectivity index (χ3n) is 3.46. The molecule has 4 nitrogen and oxygen atoms in total. The van der Waals surface area contributed by atoms with Gasteiger partial charge >= 0.3 is 0 Å². The standard InChI is InChI=1S/C12H16ClFN2O2S/c1-8-9(2)16(7-6-15-8)19(17,18)12-10(13)4-3-5-11(12)14/h3-5,8-9,15H,6-7H2,1-2H3. The molecule has 0 bridgehead atoms. The summed E-state index contributed by atoms with van der Waals surface area (Å²) >= 11 is 5.86. The maximum Gasteiger partial charge on any atom is 0.247 e. The number of hydrogen-bond acceptors (Lipinski definition) is 3. The van der Waals surface area contributed by atoms with Gasteiger partial charge in [-0.2, -0.15) is 4.31 Å². The van der Waals surface area contributed by atoms with Crippen LogP contribution in [0, 0.1) is 5.82 Å². The molecule has 1 aromatic rings. The van der Waals surface area contributed by atoms with Gasteiger partial charge in [-0.15, -0.1) is 0 Å². The third-order valence-corrected chi connectivity index (χ3v) is 5.95. The fourth-order valence-electron chi connectivity index (χ4n) is 2.21. The largest absolute Gasteiger partial charge is 0.311 e. The van der Waals surface area contributed by atoms with Crippen molar-refractivity contribution in [3.63, 3.8) is 0 Å². The van der Waals surface area contributed by atoms with Crippen LogP contribution in [0.2, 0.25) is 5.02 Å². The van der Waals surface area contributed by atoms with Crippen LogP contribution >= 0.6 is 11.6 Å². The molecule has 0 aromatic heterocycles. The lowest BCUT2D eigenvalue weighted by molar-refractivity contribution is 0.232. The predicted molar refractivity (Wildman–Crippen MR) is 72.2 cm³/mol. The highest BCUT2D eigenvalue weighted by Crippen LogP contribution is 2.29. The van der Waals surface area contributed by atoms with Crippen LogP contribution in [-0.4, -0.2) is 37.9 Å². The molecule has 1 heterocycles. The van der Waals surface area contributed by atoms with Gasteiger partial charge in [0.1, 0.15) is 10.7 Å². The third kappa shape index (κ3) is 2.63. The number of halogens is 2. The maximum absolute atomic E-state index is 13.8. The second-order valence-electron chi connectivity index (χ2n) is 4.65. The van der Waals surface area contributed by atoms with E-state index in [9.17, 15) is 12.8 Å². The summed E-state index contributed by atoms with van der Waals surface area (Å²) in [5.41, 5.74) is 0. The van der Waals surface area contributed by atoms with Gasteiger partial charge in [0.15, 0.2) is 0 Å². The van der Waals surface area contributed by atoms with Crippen molar-refractivity contribution in [1.82, 2.24) is 9.62 Å². The van der Waals surface area contributed by atoms with Gasteiger partial charge in [-0.05, 0) is 26.0 Å². The average Bonchev–Trinajstić information content (AvgIpc) is 2.32. The van der Waals surface area contributed by atoms with Gasteiger partial charge in [-0.25, -0.2) is 12.8 Å². The number of sulfonamides is 1. The summed E-state index contributed by atoms with van der Waals surface area (Å²) in [6, 6.07) is 3.63. The molecular formula is C12H16ClFN2O2S. The molecule has 0 radical (unpaired) electrons. The zero-order valence-corrected chi connectivity index (χ0v) is 12.3. The molecule has 7 heteroatoms. The van der Waals surface area contributed by atoms with Crippen molar-refractivity contribution in [2.24, 2.45) is 0 Å². The van der Waals surface area contributed by atoms with Crippen molar-refractivity contribution in [1.29, 1.82) is 0 Å². The first-order chi connectivity index (χ1) is 8.85. The average molecular weight is 307 g/mol. The minimum absolute atomic E-state index is 0.00840. The van der Waals surface area contributed by atoms with Crippen LogP contribution in [0.3, 0.4) is 0 Å². The van der Waals surface area contributed by atoms with Crippen molar-refractivity contribution in [3.05, 3.63) is 29.0 Å². The molecule has 0 spiro atoms. The Bertz CT molecular complexity index is 559. The van der Waals surface area contributed by atoms with E-state index in [1.54, 1.807) is 6.92 Å². The summed E-state index contributed by atoms with van der Waals surface area (Å²) in [6.45, 7) is 4.54. The first-order valence-electron chi connectivity index (χ1n) is 6.05. The van der Waals surface area contributed by atoms with Crippen molar-refractivity contribution in [2.45, 2.75) is 30.8 Å². The first kappa shape index (κ1) is 14.7. The van der Waals surface area contributed by atoms with E-state index >= 15 is 0 Å². The Balaban J connectivity index is 2.48. The monoisotopic (exact) mass is 306 g/mol. The van der Waals surface area contributed by atoms with Gasteiger partial charge in [0.2, 0.25) is 10.0 Å². The molecule has 1 N–H and O–H groups in total. The second kappa shape index (κ2) is 5.36. The molecule has 0 aliphatic carbocycles. The Morgan fingerprint density at radius 1 is 1.42 bits per heavy atom. The summed E-state index contributed by atoms with van der Waals surface area (Å²) in [6.07, 6.45) is 0. The summed E-state index contributed by atoms with van der Waals surface area (Å²) < 4.78 is 40.2. The van der Waals surface area contributed by atoms with Gasteiger partial charge in [-0.1, -0.05) is 17.7 Å². The van der Waals surface area contributed by atoms with Gasteiger partial charge in [0.05, 0.1) is 5.02 Å². The van der Waals surface area contributed by atoms with E-state index in [-0.39, 0.29) is 17.1 Å². The van der Waals surface area contributed by atoms with Gasteiger partial charge in [0.25, 0.3) is 0 Å². The lowest BCUT2D eigenvalue weighted by atomic mass is 10.1. The summed E-state index contributed by atoms with van der Waals surface area (Å²) in [4.78, 5) is -0.433. The predicted octanol–water partition coefficient (Wildman–Crippen LogP) is 1.85. The number of rotatable bonds is 2. The van der Waals surface area contributed by atoms with Crippen LogP contribution in [0.25, 0.3) is 0 Å². The normalized spacial score (nSPS) is 25.5. The van der Waals surface area contributed by atoms with E-state index in [2.05, 4.69) is 5.32 Å². The van der Waals surface area contributed by atoms with Crippen LogP contribution in [0.4, 0.5) is 4.39 Å². The molecule has 2 atom stereocenters. The Kier molecular flexibility index (Phi) is 4.15. The van der Waals surface area contributed by atoms with Crippen LogP contribution in [0.15, 0.2) is 23.1 Å². The van der Waals surface area contributed by atoms with E-state index in [1.165, 1.54) is 16.4 Å². The zero-order chi connectivity index (χ0) is 14.2. The van der Waals surface area contributed by atoms with Crippen molar-refractivity contribution >= 4 is 21.6 Å². The van der Waals surface area contributed by atoms with E-state index in [0.29, 0.717) is 13.1 Å². The first-order valence-corrected chi connectivity index (χ1v) is 7.86. The lowest BCUT2D eigenvalue weighted by Crippen LogP contribution is -2.57. The molecule has 106 valence electrons. The van der Waals surface area contributed by atoms with E-state index < -0.39 is 20.7 Å². The zero-order valence-electron chi connectivity index (χ0n) is 10.7. The van der Waals surface area contributed by atoms with Crippen LogP contribution in [0.5, 0.6) is 0 Å². The van der Waals surface area contributed by atoms with Gasteiger partial charge < -0.3 is 5.32 Å². The second-order valence-corrected chi connectivity index (χ2v) is 6.88. The number of benzene rings is 1. The number of nitrogens with zero attached hydrogens (tertiary/aromatic N) is 1. The molecule has 1 saturated heterocycles. The van der Waals surface area contributed by atoms with Crippen LogP contribution in [0.1, 0.15) is 13.8 Å². The van der Waals surface area contributed by atoms with Crippen LogP contribution in [-0.2, 0) is 10.0 Å². The molecule has 2 unspecified atom stereocenters. The maximum atomic E-state index is 13.8. The topological polar surface area (TPSA) is 49.4 Å². The Morgan fingerprint density at radius 3 is 2.74 bits per heavy atom. The Labute approximate surface area is 117 Å². The summed E-state index contributed by atoms with van der Waals surface area (Å²) in [5, 5.41) is 3.10. The van der Waals surface area contributed by atoms with Crippen molar-refractivity contribution in [3.8, 4) is 0 Å². The molecule has 1 aliphatic rings. The molecule has 0 saturated carbocycles. The Hall–Kier alpha value is -0.690. The number of nitrogens with one attached hydrogen (secondary N) is 1. The highest BCUT2D eigenvalue weighted by Gasteiger charge is 2.37. The molecular weight excluding hydrogens is 291 g/mol. The molecule has 1 aliphatic heterocycles. The van der Waals surface area contributed by atoms with Crippen molar-refractivity contribution in [2.75, 3.05) is 13.1 Å². The fourth-order valence-corrected chi connectivity index (χ4v) is 4.48. The smallest absolute Gasteiger partial charge is 0.247 e. The fraction of sp³-hybridized carbons (Fsp3) is 0.500. The van der Waals surface area contributed by atoms with E-state index in [4.69, 9.17) is 11.6 Å². The minimum Gasteiger partial charge on any atom is -0.311 e. The SMILES string of the molecule is CC1NCCN(S(=O)(=O)c2c(F)cccc2Cl)C1C. The molecule has 2 rings (SSSR count). The van der Waals surface area contributed by atoms with Crippen molar-refractivity contribution < 1.29 is 12.8 Å². The van der Waals surface area contributed by atoms with Crippen LogP contribution < -0.4 is 5.32 Å². The molecule has 0 amide bonds. The number of hydrogen-bond donors (Lipinski definition) is 1. The summed E-state index contributed by atoms with van der Waals surface area (Å²) in [7, 11) is -3.92. The number of piperazine rings is 1.